The summed E-state index contributed by atoms with van der Waals surface area (Å²) in [6.45, 7) is 8.71. The van der Waals surface area contributed by atoms with Gasteiger partial charge in [-0.3, -0.25) is 4.79 Å². The van der Waals surface area contributed by atoms with E-state index < -0.39 is 17.8 Å². The first-order valence-electron chi connectivity index (χ1n) is 10.2. The highest BCUT2D eigenvalue weighted by molar-refractivity contribution is 6.02. The van der Waals surface area contributed by atoms with Crippen LogP contribution < -0.4 is 0 Å². The number of ketones is 1. The summed E-state index contributed by atoms with van der Waals surface area (Å²) in [4.78, 5) is 12.8. The van der Waals surface area contributed by atoms with E-state index in [0.29, 0.717) is 17.9 Å². The van der Waals surface area contributed by atoms with Crippen LogP contribution >= 0.6 is 0 Å². The normalized spacial score (nSPS) is 49.3. The molecule has 1 heterocycles. The van der Waals surface area contributed by atoms with Gasteiger partial charge >= 0.3 is 0 Å². The van der Waals surface area contributed by atoms with Crippen molar-refractivity contribution in [1.29, 1.82) is 0 Å². The number of ether oxygens (including phenoxy) is 1. The first-order valence-corrected chi connectivity index (χ1v) is 10.2. The van der Waals surface area contributed by atoms with Crippen LogP contribution in [0.25, 0.3) is 0 Å². The molecule has 0 aromatic rings. The van der Waals surface area contributed by atoms with Crippen LogP contribution in [0.3, 0.4) is 0 Å². The minimum absolute atomic E-state index is 0.0253. The van der Waals surface area contributed by atoms with E-state index in [-0.39, 0.29) is 35.7 Å². The average Bonchev–Trinajstić information content (AvgIpc) is 3.38. The van der Waals surface area contributed by atoms with Crippen LogP contribution in [0.4, 0.5) is 0 Å². The highest BCUT2D eigenvalue weighted by atomic mass is 16.6. The Morgan fingerprint density at radius 3 is 2.70 bits per heavy atom. The molecule has 1 saturated heterocycles. The van der Waals surface area contributed by atoms with Crippen molar-refractivity contribution < 1.29 is 24.9 Å². The van der Waals surface area contributed by atoms with Crippen LogP contribution in [-0.4, -0.2) is 52.1 Å². The van der Waals surface area contributed by atoms with E-state index in [9.17, 15) is 20.1 Å². The van der Waals surface area contributed by atoms with Crippen molar-refractivity contribution in [2.45, 2.75) is 70.2 Å². The molecular formula is C22H32O5. The largest absolute Gasteiger partial charge is 0.396 e. The quantitative estimate of drug-likeness (QED) is 0.517. The van der Waals surface area contributed by atoms with Crippen molar-refractivity contribution in [3.8, 4) is 0 Å². The molecule has 3 aliphatic carbocycles. The molecule has 0 bridgehead atoms. The van der Waals surface area contributed by atoms with Gasteiger partial charge in [0.05, 0.1) is 6.61 Å². The van der Waals surface area contributed by atoms with E-state index in [4.69, 9.17) is 4.74 Å². The maximum Gasteiger partial charge on any atom is 0.190 e. The van der Waals surface area contributed by atoms with Crippen molar-refractivity contribution in [3.05, 3.63) is 23.8 Å². The smallest absolute Gasteiger partial charge is 0.190 e. The van der Waals surface area contributed by atoms with Crippen molar-refractivity contribution in [1.82, 2.24) is 0 Å². The Kier molecular flexibility index (Phi) is 4.47. The van der Waals surface area contributed by atoms with E-state index in [2.05, 4.69) is 20.4 Å². The Bertz CT molecular complexity index is 699. The molecule has 7 atom stereocenters. The topological polar surface area (TPSA) is 90.3 Å². The van der Waals surface area contributed by atoms with Gasteiger partial charge in [-0.1, -0.05) is 32.4 Å². The lowest BCUT2D eigenvalue weighted by Gasteiger charge is -2.58. The highest BCUT2D eigenvalue weighted by Crippen LogP contribution is 2.64. The number of aliphatic hydroxyl groups excluding tert-OH is 3. The number of epoxide rings is 1. The molecule has 5 heteroatoms. The summed E-state index contributed by atoms with van der Waals surface area (Å²) >= 11 is 0. The summed E-state index contributed by atoms with van der Waals surface area (Å²) in [5.74, 6) is 0.383. The summed E-state index contributed by atoms with van der Waals surface area (Å²) in [5.41, 5.74) is 0.425. The van der Waals surface area contributed by atoms with Crippen LogP contribution in [-0.2, 0) is 9.53 Å². The third-order valence-corrected chi connectivity index (χ3v) is 8.33. The summed E-state index contributed by atoms with van der Waals surface area (Å²) in [7, 11) is 0. The summed E-state index contributed by atoms with van der Waals surface area (Å²) in [6, 6.07) is 0. The third-order valence-electron chi connectivity index (χ3n) is 8.33. The molecule has 3 N–H and O–H groups in total. The lowest BCUT2D eigenvalue weighted by Crippen LogP contribution is -2.53. The zero-order valence-electron chi connectivity index (χ0n) is 16.4. The Morgan fingerprint density at radius 1 is 1.30 bits per heavy atom. The number of fused-ring (bicyclic) bond motifs is 2. The molecule has 0 amide bonds. The van der Waals surface area contributed by atoms with Crippen LogP contribution in [0.5, 0.6) is 0 Å². The molecule has 27 heavy (non-hydrogen) atoms. The number of allylic oxidation sites excluding steroid dienone is 1. The summed E-state index contributed by atoms with van der Waals surface area (Å²) in [6.07, 6.45) is 5.55. The second-order valence-corrected chi connectivity index (χ2v) is 9.79. The average molecular weight is 376 g/mol. The molecular weight excluding hydrogens is 344 g/mol. The number of rotatable bonds is 4. The number of carbonyl (C=O) groups is 1. The molecule has 4 aliphatic rings. The zero-order valence-corrected chi connectivity index (χ0v) is 16.4. The van der Waals surface area contributed by atoms with Crippen molar-refractivity contribution in [2.24, 2.45) is 22.7 Å². The maximum absolute atomic E-state index is 12.8. The summed E-state index contributed by atoms with van der Waals surface area (Å²) in [5, 5.41) is 29.9. The standard InChI is InChI=1S/C22H32O5/c1-13-5-6-16-20(2,12-24)7-4-8-21(16,3)15(13)10-22-17(25)9-14(11-23)18(26)19(22)27-22/h9,15-16,18-19,23-24,26H,1,4-8,10-12H2,2-3H3/t15-,16-,18+,19-,20-,21+,22+/m0/s1. The lowest BCUT2D eigenvalue weighted by molar-refractivity contribution is -0.123. The molecule has 0 aromatic carbocycles. The van der Waals surface area contributed by atoms with E-state index in [0.717, 1.165) is 32.1 Å². The van der Waals surface area contributed by atoms with Crippen molar-refractivity contribution in [2.75, 3.05) is 13.2 Å². The van der Waals surface area contributed by atoms with Crippen molar-refractivity contribution >= 4 is 5.78 Å². The van der Waals surface area contributed by atoms with Gasteiger partial charge in [0.2, 0.25) is 0 Å². The highest BCUT2D eigenvalue weighted by Gasteiger charge is 2.69. The molecule has 1 aliphatic heterocycles. The predicted octanol–water partition coefficient (Wildman–Crippen LogP) is 2.15. The van der Waals surface area contributed by atoms with Gasteiger partial charge in [0.25, 0.3) is 0 Å². The molecule has 4 rings (SSSR count). The fraction of sp³-hybridized carbons (Fsp3) is 0.773. The number of hydrogen-bond donors (Lipinski definition) is 3. The van der Waals surface area contributed by atoms with Gasteiger partial charge in [-0.05, 0) is 66.4 Å². The van der Waals surface area contributed by atoms with E-state index in [1.54, 1.807) is 0 Å². The first kappa shape index (κ1) is 19.3. The SMILES string of the molecule is C=C1CC[C@H]2[C@](C)(CO)CCC[C@]2(C)[C@H]1C[C@]12O[C@H]1[C@H](O)C(CO)=CC2=O. The van der Waals surface area contributed by atoms with Crippen LogP contribution in [0.2, 0.25) is 0 Å². The molecule has 150 valence electrons. The van der Waals surface area contributed by atoms with Crippen LogP contribution in [0.15, 0.2) is 23.8 Å². The number of hydrogen-bond acceptors (Lipinski definition) is 5. The lowest BCUT2D eigenvalue weighted by atomic mass is 9.46. The van der Waals surface area contributed by atoms with E-state index >= 15 is 0 Å². The van der Waals surface area contributed by atoms with Gasteiger partial charge < -0.3 is 20.1 Å². The van der Waals surface area contributed by atoms with Gasteiger partial charge in [-0.15, -0.1) is 0 Å². The third kappa shape index (κ3) is 2.62. The molecule has 0 spiro atoms. The van der Waals surface area contributed by atoms with E-state index in [1.165, 1.54) is 11.6 Å². The Labute approximate surface area is 161 Å². The molecule has 2 saturated carbocycles. The second kappa shape index (κ2) is 6.24. The minimum Gasteiger partial charge on any atom is -0.396 e. The van der Waals surface area contributed by atoms with Gasteiger partial charge in [0, 0.05) is 6.61 Å². The van der Waals surface area contributed by atoms with Crippen molar-refractivity contribution in [3.63, 3.8) is 0 Å². The Balaban J connectivity index is 1.65. The molecule has 0 aromatic heterocycles. The first-order chi connectivity index (χ1) is 12.7. The minimum atomic E-state index is -0.969. The Morgan fingerprint density at radius 2 is 2.04 bits per heavy atom. The molecule has 0 radical (unpaired) electrons. The molecule has 5 nitrogen and oxygen atoms in total. The number of carbonyl (C=O) groups excluding carboxylic acids is 1. The predicted molar refractivity (Wildman–Crippen MR) is 101 cm³/mol. The summed E-state index contributed by atoms with van der Waals surface area (Å²) < 4.78 is 5.82. The van der Waals surface area contributed by atoms with Gasteiger partial charge in [0.1, 0.15) is 12.2 Å². The second-order valence-electron chi connectivity index (χ2n) is 9.79. The number of aliphatic hydroxyl groups is 3. The molecule has 3 fully saturated rings. The van der Waals surface area contributed by atoms with Gasteiger partial charge in [-0.2, -0.15) is 0 Å². The molecule has 0 unspecified atom stereocenters. The van der Waals surface area contributed by atoms with Crippen LogP contribution in [0.1, 0.15) is 52.4 Å². The van der Waals surface area contributed by atoms with Gasteiger partial charge in [-0.25, -0.2) is 0 Å². The van der Waals surface area contributed by atoms with E-state index in [1.807, 2.05) is 0 Å². The fourth-order valence-corrected chi connectivity index (χ4v) is 6.64. The monoisotopic (exact) mass is 376 g/mol. The maximum atomic E-state index is 12.8. The zero-order chi connectivity index (χ0) is 19.6. The van der Waals surface area contributed by atoms with Crippen LogP contribution in [0, 0.1) is 22.7 Å². The Hall–Kier alpha value is -1.01. The fourth-order valence-electron chi connectivity index (χ4n) is 6.64. The van der Waals surface area contributed by atoms with Gasteiger partial charge in [0.15, 0.2) is 11.4 Å².